The number of ether oxygens (including phenoxy) is 1. The summed E-state index contributed by atoms with van der Waals surface area (Å²) < 4.78 is 7.17. The number of benzene rings is 2. The minimum absolute atomic E-state index is 0.00251. The SMILES string of the molecule is CCOc1ccc(CCC2CCN(C(=O)c3nn(-c4ccccc4)c(C)cc3=O)CC2)cc1. The molecular weight excluding hydrogens is 414 g/mol. The molecular formula is C27H31N3O3. The van der Waals surface area contributed by atoms with E-state index >= 15 is 0 Å². The normalized spacial score (nSPS) is 14.3. The number of para-hydroxylation sites is 1. The van der Waals surface area contributed by atoms with Gasteiger partial charge in [0.15, 0.2) is 5.69 Å². The van der Waals surface area contributed by atoms with Gasteiger partial charge in [0.25, 0.3) is 5.91 Å². The third kappa shape index (κ3) is 5.51. The zero-order chi connectivity index (χ0) is 23.2. The first kappa shape index (κ1) is 22.8. The van der Waals surface area contributed by atoms with Gasteiger partial charge in [-0.05, 0) is 75.3 Å². The maximum absolute atomic E-state index is 13.1. The summed E-state index contributed by atoms with van der Waals surface area (Å²) in [6.45, 7) is 5.80. The lowest BCUT2D eigenvalue weighted by atomic mass is 9.90. The predicted octanol–water partition coefficient (Wildman–Crippen LogP) is 4.42. The van der Waals surface area contributed by atoms with Crippen LogP contribution >= 0.6 is 0 Å². The van der Waals surface area contributed by atoms with E-state index in [1.165, 1.54) is 11.6 Å². The van der Waals surface area contributed by atoms with Gasteiger partial charge in [-0.1, -0.05) is 30.3 Å². The maximum atomic E-state index is 13.1. The van der Waals surface area contributed by atoms with Crippen molar-refractivity contribution in [1.29, 1.82) is 0 Å². The topological polar surface area (TPSA) is 64.4 Å². The Labute approximate surface area is 194 Å². The van der Waals surface area contributed by atoms with Crippen LogP contribution in [0.2, 0.25) is 0 Å². The summed E-state index contributed by atoms with van der Waals surface area (Å²) in [5, 5.41) is 4.44. The molecule has 6 heteroatoms. The van der Waals surface area contributed by atoms with Gasteiger partial charge in [0.05, 0.1) is 12.3 Å². The molecule has 1 aromatic heterocycles. The molecule has 1 amide bonds. The van der Waals surface area contributed by atoms with Crippen molar-refractivity contribution in [2.75, 3.05) is 19.7 Å². The van der Waals surface area contributed by atoms with Crippen LogP contribution in [-0.2, 0) is 6.42 Å². The molecule has 2 aromatic carbocycles. The lowest BCUT2D eigenvalue weighted by Crippen LogP contribution is -2.41. The third-order valence-corrected chi connectivity index (χ3v) is 6.29. The summed E-state index contributed by atoms with van der Waals surface area (Å²) in [5.74, 6) is 1.21. The molecule has 1 saturated heterocycles. The van der Waals surface area contributed by atoms with Gasteiger partial charge in [0.2, 0.25) is 5.43 Å². The standard InChI is InChI=1S/C27H31N3O3/c1-3-33-24-13-11-21(12-14-24)9-10-22-15-17-29(18-16-22)27(32)26-25(31)19-20(2)30(28-26)23-7-5-4-6-8-23/h4-8,11-14,19,22H,3,9-10,15-18H2,1-2H3. The van der Waals surface area contributed by atoms with E-state index in [1.54, 1.807) is 9.58 Å². The molecule has 0 radical (unpaired) electrons. The average molecular weight is 446 g/mol. The van der Waals surface area contributed by atoms with Crippen molar-refractivity contribution in [3.63, 3.8) is 0 Å². The molecule has 4 rings (SSSR count). The summed E-state index contributed by atoms with van der Waals surface area (Å²) in [6.07, 6.45) is 4.01. The Balaban J connectivity index is 1.36. The summed E-state index contributed by atoms with van der Waals surface area (Å²) in [7, 11) is 0. The number of carbonyl (C=O) groups is 1. The second-order valence-corrected chi connectivity index (χ2v) is 8.60. The summed E-state index contributed by atoms with van der Waals surface area (Å²) >= 11 is 0. The van der Waals surface area contributed by atoms with Crippen molar-refractivity contribution in [1.82, 2.24) is 14.7 Å². The van der Waals surface area contributed by atoms with Gasteiger partial charge in [0.1, 0.15) is 5.75 Å². The molecule has 0 spiro atoms. The Morgan fingerprint density at radius 1 is 1.06 bits per heavy atom. The smallest absolute Gasteiger partial charge is 0.278 e. The highest BCUT2D eigenvalue weighted by atomic mass is 16.5. The van der Waals surface area contributed by atoms with Gasteiger partial charge < -0.3 is 9.64 Å². The van der Waals surface area contributed by atoms with E-state index in [-0.39, 0.29) is 17.0 Å². The number of aryl methyl sites for hydroxylation is 2. The van der Waals surface area contributed by atoms with Crippen LogP contribution in [0, 0.1) is 12.8 Å². The van der Waals surface area contributed by atoms with Crippen LogP contribution in [0.15, 0.2) is 65.5 Å². The van der Waals surface area contributed by atoms with E-state index in [1.807, 2.05) is 56.3 Å². The number of likely N-dealkylation sites (tertiary alicyclic amines) is 1. The number of carbonyl (C=O) groups excluding carboxylic acids is 1. The Kier molecular flexibility index (Phi) is 7.23. The molecule has 1 aliphatic heterocycles. The molecule has 0 atom stereocenters. The molecule has 1 fully saturated rings. The molecule has 0 bridgehead atoms. The fourth-order valence-corrected chi connectivity index (χ4v) is 4.39. The molecule has 3 aromatic rings. The van der Waals surface area contributed by atoms with Crippen molar-refractivity contribution >= 4 is 5.91 Å². The first-order valence-corrected chi connectivity index (χ1v) is 11.7. The summed E-state index contributed by atoms with van der Waals surface area (Å²) in [4.78, 5) is 27.5. The van der Waals surface area contributed by atoms with E-state index in [0.29, 0.717) is 31.3 Å². The Bertz CT molecular complexity index is 1130. The minimum Gasteiger partial charge on any atom is -0.494 e. The van der Waals surface area contributed by atoms with Gasteiger partial charge in [-0.2, -0.15) is 5.10 Å². The Hall–Kier alpha value is -3.41. The molecule has 0 aliphatic carbocycles. The van der Waals surface area contributed by atoms with Crippen molar-refractivity contribution in [3.05, 3.63) is 87.8 Å². The monoisotopic (exact) mass is 445 g/mol. The van der Waals surface area contributed by atoms with Gasteiger partial charge in [-0.25, -0.2) is 4.68 Å². The summed E-state index contributed by atoms with van der Waals surface area (Å²) in [6, 6.07) is 19.4. The van der Waals surface area contributed by atoms with Crippen LogP contribution in [0.5, 0.6) is 5.75 Å². The number of amides is 1. The fraction of sp³-hybridized carbons (Fsp3) is 0.370. The Morgan fingerprint density at radius 2 is 1.76 bits per heavy atom. The van der Waals surface area contributed by atoms with Crippen molar-refractivity contribution < 1.29 is 9.53 Å². The molecule has 0 saturated carbocycles. The van der Waals surface area contributed by atoms with Crippen LogP contribution in [0.4, 0.5) is 0 Å². The Morgan fingerprint density at radius 3 is 2.42 bits per heavy atom. The largest absolute Gasteiger partial charge is 0.494 e. The molecule has 172 valence electrons. The number of rotatable bonds is 7. The quantitative estimate of drug-likeness (QED) is 0.540. The molecule has 0 unspecified atom stereocenters. The molecule has 2 heterocycles. The number of aromatic nitrogens is 2. The minimum atomic E-state index is -0.317. The maximum Gasteiger partial charge on any atom is 0.278 e. The number of hydrogen-bond donors (Lipinski definition) is 0. The highest BCUT2D eigenvalue weighted by Gasteiger charge is 2.26. The zero-order valence-electron chi connectivity index (χ0n) is 19.4. The van der Waals surface area contributed by atoms with Crippen molar-refractivity contribution in [2.45, 2.75) is 39.5 Å². The van der Waals surface area contributed by atoms with Crippen LogP contribution in [-0.4, -0.2) is 40.3 Å². The van der Waals surface area contributed by atoms with Crippen LogP contribution in [0.3, 0.4) is 0 Å². The molecule has 1 aliphatic rings. The highest BCUT2D eigenvalue weighted by Crippen LogP contribution is 2.24. The lowest BCUT2D eigenvalue weighted by molar-refractivity contribution is 0.0677. The predicted molar refractivity (Wildman–Crippen MR) is 129 cm³/mol. The van der Waals surface area contributed by atoms with Crippen LogP contribution < -0.4 is 10.2 Å². The van der Waals surface area contributed by atoms with Gasteiger partial charge in [-0.15, -0.1) is 0 Å². The van der Waals surface area contributed by atoms with Crippen LogP contribution in [0.1, 0.15) is 47.9 Å². The van der Waals surface area contributed by atoms with E-state index in [0.717, 1.165) is 37.1 Å². The lowest BCUT2D eigenvalue weighted by Gasteiger charge is -2.31. The first-order valence-electron chi connectivity index (χ1n) is 11.7. The van der Waals surface area contributed by atoms with Crippen molar-refractivity contribution in [2.24, 2.45) is 5.92 Å². The van der Waals surface area contributed by atoms with E-state index in [4.69, 9.17) is 4.74 Å². The second kappa shape index (κ2) is 10.5. The number of piperidine rings is 1. The highest BCUT2D eigenvalue weighted by molar-refractivity contribution is 5.92. The van der Waals surface area contributed by atoms with Gasteiger partial charge in [0, 0.05) is 24.8 Å². The van der Waals surface area contributed by atoms with Gasteiger partial charge in [-0.3, -0.25) is 9.59 Å². The molecule has 33 heavy (non-hydrogen) atoms. The van der Waals surface area contributed by atoms with Crippen LogP contribution in [0.25, 0.3) is 5.69 Å². The molecule has 6 nitrogen and oxygen atoms in total. The number of hydrogen-bond acceptors (Lipinski definition) is 4. The van der Waals surface area contributed by atoms with E-state index in [2.05, 4.69) is 17.2 Å². The number of nitrogens with zero attached hydrogens (tertiary/aromatic N) is 3. The fourth-order valence-electron chi connectivity index (χ4n) is 4.39. The van der Waals surface area contributed by atoms with E-state index in [9.17, 15) is 9.59 Å². The average Bonchev–Trinajstić information content (AvgIpc) is 2.84. The summed E-state index contributed by atoms with van der Waals surface area (Å²) in [5.41, 5.74) is 2.52. The van der Waals surface area contributed by atoms with Gasteiger partial charge >= 0.3 is 0 Å². The van der Waals surface area contributed by atoms with Crippen molar-refractivity contribution in [3.8, 4) is 11.4 Å². The van der Waals surface area contributed by atoms with E-state index < -0.39 is 0 Å². The molecule has 0 N–H and O–H groups in total. The first-order chi connectivity index (χ1) is 16.0. The second-order valence-electron chi connectivity index (χ2n) is 8.60. The zero-order valence-corrected chi connectivity index (χ0v) is 19.4. The third-order valence-electron chi connectivity index (χ3n) is 6.29.